The Morgan fingerprint density at radius 1 is 1.24 bits per heavy atom. The van der Waals surface area contributed by atoms with Gasteiger partial charge in [-0.25, -0.2) is 4.79 Å². The van der Waals surface area contributed by atoms with Crippen molar-refractivity contribution in [2.45, 2.75) is 79.4 Å². The second kappa shape index (κ2) is 13.4. The summed E-state index contributed by atoms with van der Waals surface area (Å²) in [6, 6.07) is -1.43. The Balaban J connectivity index is 0.00000578. The van der Waals surface area contributed by atoms with Gasteiger partial charge in [-0.15, -0.1) is 11.8 Å². The van der Waals surface area contributed by atoms with E-state index in [0.29, 0.717) is 11.8 Å². The number of aliphatic carboxylic acids is 1. The second-order valence-electron chi connectivity index (χ2n) is 7.85. The molecule has 16 heteroatoms. The van der Waals surface area contributed by atoms with Gasteiger partial charge in [-0.3, -0.25) is 4.99 Å². The van der Waals surface area contributed by atoms with E-state index in [1.807, 2.05) is 0 Å². The average molecular weight is 523 g/mol. The molecular weight excluding hydrogens is 493 g/mol. The Labute approximate surface area is 221 Å². The minimum Gasteiger partial charge on any atom is -0.862 e. The van der Waals surface area contributed by atoms with E-state index in [9.17, 15) is 45.6 Å². The number of thioether (sulfide) groups is 1. The standard InChI is InChI=1S/C18H31NO13S.Na/c1-6(21)19-10-7(22)3-18(17(28)29,32-15(10)11(24)8(23)4-20)33-5-9-12(25)13(26)14(27)16(30-2)31-9;/h7-16,20,22-27H,3-5H2,1-2H3,(H,19,21)(H,28,29);/q;+1/p-1/t7-,8+,9+,10+,11+,12-,13-,14+,15+,16+,18-;/m0./s1. The summed E-state index contributed by atoms with van der Waals surface area (Å²) in [5.41, 5.74) is 0. The van der Waals surface area contributed by atoms with Crippen molar-refractivity contribution in [1.29, 1.82) is 0 Å². The van der Waals surface area contributed by atoms with Crippen LogP contribution in [0.25, 0.3) is 0 Å². The number of nitrogens with zero attached hydrogens (tertiary/aromatic N) is 1. The normalized spacial score (nSPS) is 40.8. The van der Waals surface area contributed by atoms with Crippen molar-refractivity contribution in [2.75, 3.05) is 19.5 Å². The molecule has 192 valence electrons. The first kappa shape index (κ1) is 31.9. The summed E-state index contributed by atoms with van der Waals surface area (Å²) in [6.07, 6.45) is -14.9. The fraction of sp³-hybridized carbons (Fsp3) is 0.889. The van der Waals surface area contributed by atoms with Gasteiger partial charge in [0.2, 0.25) is 4.93 Å². The molecule has 0 unspecified atom stereocenters. The number of carbonyl (C=O) groups is 1. The van der Waals surface area contributed by atoms with Crippen LogP contribution in [-0.4, -0.2) is 138 Å². The number of rotatable bonds is 9. The summed E-state index contributed by atoms with van der Waals surface area (Å²) >= 11 is 0.547. The van der Waals surface area contributed by atoms with Crippen LogP contribution < -0.4 is 34.7 Å². The Hall–Kier alpha value is -0.110. The number of hydrogen-bond acceptors (Lipinski definition) is 14. The van der Waals surface area contributed by atoms with E-state index in [2.05, 4.69) is 4.99 Å². The zero-order chi connectivity index (χ0) is 25.1. The van der Waals surface area contributed by atoms with Crippen LogP contribution in [0.15, 0.2) is 4.99 Å². The summed E-state index contributed by atoms with van der Waals surface area (Å²) in [5.74, 6) is -2.66. The molecule has 2 fully saturated rings. The smallest absolute Gasteiger partial charge is 0.862 e. The summed E-state index contributed by atoms with van der Waals surface area (Å²) in [6.45, 7) is 0.151. The first-order valence-electron chi connectivity index (χ1n) is 10.0. The van der Waals surface area contributed by atoms with Crippen molar-refractivity contribution in [2.24, 2.45) is 4.99 Å². The van der Waals surface area contributed by atoms with E-state index in [4.69, 9.17) is 19.3 Å². The number of aliphatic hydroxyl groups excluding tert-OH is 7. The van der Waals surface area contributed by atoms with Crippen LogP contribution in [0.3, 0.4) is 0 Å². The molecule has 0 aromatic carbocycles. The molecule has 14 nitrogen and oxygen atoms in total. The van der Waals surface area contributed by atoms with Crippen molar-refractivity contribution >= 4 is 23.6 Å². The van der Waals surface area contributed by atoms with Gasteiger partial charge in [0.05, 0.1) is 18.8 Å². The van der Waals surface area contributed by atoms with Crippen molar-refractivity contribution < 1.29 is 94.5 Å². The zero-order valence-electron chi connectivity index (χ0n) is 18.9. The third-order valence-electron chi connectivity index (χ3n) is 5.49. The summed E-state index contributed by atoms with van der Waals surface area (Å²) in [7, 11) is 1.19. The second-order valence-corrected chi connectivity index (χ2v) is 9.13. The maximum absolute atomic E-state index is 12.2. The molecule has 0 saturated carbocycles. The molecule has 2 aliphatic heterocycles. The number of carboxylic acids is 1. The van der Waals surface area contributed by atoms with Crippen LogP contribution in [0.4, 0.5) is 0 Å². The van der Waals surface area contributed by atoms with Crippen molar-refractivity contribution in [3.63, 3.8) is 0 Å². The number of carboxylic acid groups (broad SMARTS) is 1. The molecular formula is C18H30NNaO13S. The third kappa shape index (κ3) is 7.01. The van der Waals surface area contributed by atoms with E-state index in [1.54, 1.807) is 0 Å². The van der Waals surface area contributed by atoms with Gasteiger partial charge < -0.3 is 60.2 Å². The molecule has 0 aromatic heterocycles. The first-order chi connectivity index (χ1) is 15.4. The Kier molecular flexibility index (Phi) is 12.6. The largest absolute Gasteiger partial charge is 1.00 e. The van der Waals surface area contributed by atoms with Crippen molar-refractivity contribution in [3.8, 4) is 0 Å². The van der Waals surface area contributed by atoms with Gasteiger partial charge in [0.1, 0.15) is 42.7 Å². The molecule has 0 bridgehead atoms. The summed E-state index contributed by atoms with van der Waals surface area (Å²) in [5, 5.41) is 91.5. The maximum atomic E-state index is 12.2. The van der Waals surface area contributed by atoms with Gasteiger partial charge in [-0.05, 0) is 12.8 Å². The molecule has 0 spiro atoms. The van der Waals surface area contributed by atoms with E-state index >= 15 is 0 Å². The molecule has 34 heavy (non-hydrogen) atoms. The molecule has 0 radical (unpaired) electrons. The molecule has 2 heterocycles. The van der Waals surface area contributed by atoms with Crippen LogP contribution in [0, 0.1) is 0 Å². The minimum absolute atomic E-state index is 0. The SMILES string of the molecule is CO[C@@H]1O[C@H](CS[C@]2(C(=O)O)C[C@H](O)[C@@H](N=C(C)[O-])[C@H]([C@H](O)[C@H](O)CO)O2)[C@H](O)[C@H](O)[C@H]1O.[Na+]. The van der Waals surface area contributed by atoms with Crippen molar-refractivity contribution in [3.05, 3.63) is 0 Å². The molecule has 2 saturated heterocycles. The number of methoxy groups -OCH3 is 1. The van der Waals surface area contributed by atoms with Gasteiger partial charge in [-0.1, -0.05) is 0 Å². The van der Waals surface area contributed by atoms with Crippen LogP contribution in [-0.2, 0) is 19.0 Å². The molecule has 11 atom stereocenters. The molecule has 2 rings (SSSR count). The maximum Gasteiger partial charge on any atom is 1.00 e. The molecule has 0 amide bonds. The Morgan fingerprint density at radius 3 is 2.35 bits per heavy atom. The van der Waals surface area contributed by atoms with Crippen LogP contribution in [0.5, 0.6) is 0 Å². The summed E-state index contributed by atoms with van der Waals surface area (Å²) < 4.78 is 15.9. The van der Waals surface area contributed by atoms with E-state index in [-0.39, 0.29) is 35.3 Å². The molecule has 0 aliphatic carbocycles. The quantitative estimate of drug-likeness (QED) is 0.0795. The number of aliphatic hydroxyl groups is 7. The number of ether oxygens (including phenoxy) is 3. The van der Waals surface area contributed by atoms with Crippen LogP contribution >= 0.6 is 11.8 Å². The average Bonchev–Trinajstić information content (AvgIpc) is 2.77. The number of aliphatic imine (C=N–C) groups is 1. The topological polar surface area (TPSA) is 242 Å². The van der Waals surface area contributed by atoms with Gasteiger partial charge >= 0.3 is 35.5 Å². The summed E-state index contributed by atoms with van der Waals surface area (Å²) in [4.78, 5) is 13.6. The van der Waals surface area contributed by atoms with E-state index in [0.717, 1.165) is 6.92 Å². The molecule has 0 aromatic rings. The third-order valence-corrected chi connectivity index (χ3v) is 6.89. The fourth-order valence-corrected chi connectivity index (χ4v) is 4.98. The molecule has 2 aliphatic rings. The minimum atomic E-state index is -2.25. The van der Waals surface area contributed by atoms with Crippen LogP contribution in [0.1, 0.15) is 13.3 Å². The first-order valence-corrected chi connectivity index (χ1v) is 11.0. The van der Waals surface area contributed by atoms with Gasteiger partial charge in [-0.2, -0.15) is 0 Å². The zero-order valence-corrected chi connectivity index (χ0v) is 21.7. The Morgan fingerprint density at radius 2 is 1.85 bits per heavy atom. The van der Waals surface area contributed by atoms with Crippen molar-refractivity contribution in [1.82, 2.24) is 0 Å². The predicted molar refractivity (Wildman–Crippen MR) is 108 cm³/mol. The molecule has 8 N–H and O–H groups in total. The van der Waals surface area contributed by atoms with Gasteiger partial charge in [0.15, 0.2) is 6.29 Å². The van der Waals surface area contributed by atoms with Gasteiger partial charge in [0.25, 0.3) is 0 Å². The van der Waals surface area contributed by atoms with E-state index in [1.165, 1.54) is 7.11 Å². The van der Waals surface area contributed by atoms with E-state index < -0.39 is 91.0 Å². The predicted octanol–water partition coefficient (Wildman–Crippen LogP) is -8.03. The fourth-order valence-electron chi connectivity index (χ4n) is 3.68. The number of hydrogen-bond donors (Lipinski definition) is 8. The van der Waals surface area contributed by atoms with Gasteiger partial charge in [0, 0.05) is 19.3 Å². The monoisotopic (exact) mass is 523 g/mol. The van der Waals surface area contributed by atoms with Crippen LogP contribution in [0.2, 0.25) is 0 Å². The Bertz CT molecular complexity index is 699.